The highest BCUT2D eigenvalue weighted by molar-refractivity contribution is 5.68. The van der Waals surface area contributed by atoms with Crippen molar-refractivity contribution >= 4 is 6.09 Å². The van der Waals surface area contributed by atoms with Crippen LogP contribution >= 0.6 is 0 Å². The van der Waals surface area contributed by atoms with E-state index >= 15 is 0 Å². The maximum absolute atomic E-state index is 13.4. The summed E-state index contributed by atoms with van der Waals surface area (Å²) >= 11 is 0. The molecule has 1 fully saturated rings. The molecule has 1 amide bonds. The van der Waals surface area contributed by atoms with E-state index < -0.39 is 46.8 Å². The van der Waals surface area contributed by atoms with Crippen LogP contribution in [0.2, 0.25) is 0 Å². The number of hydrogen-bond acceptors (Lipinski definition) is 5. The van der Waals surface area contributed by atoms with Crippen molar-refractivity contribution in [2.75, 3.05) is 13.2 Å². The number of benzene rings is 2. The lowest BCUT2D eigenvalue weighted by Gasteiger charge is -2.47. The number of carbonyl (C=O) groups is 1. The van der Waals surface area contributed by atoms with Crippen molar-refractivity contribution in [3.63, 3.8) is 0 Å². The summed E-state index contributed by atoms with van der Waals surface area (Å²) in [4.78, 5) is 12.3. The van der Waals surface area contributed by atoms with E-state index in [1.807, 2.05) is 12.1 Å². The van der Waals surface area contributed by atoms with Gasteiger partial charge in [0.15, 0.2) is 0 Å². The second-order valence-corrected chi connectivity index (χ2v) is 10.7. The van der Waals surface area contributed by atoms with Crippen LogP contribution in [0.3, 0.4) is 0 Å². The molecule has 3 rings (SSSR count). The molecule has 216 valence electrons. The van der Waals surface area contributed by atoms with Crippen LogP contribution in [0.4, 0.5) is 31.1 Å². The Kier molecular flexibility index (Phi) is 8.93. The Labute approximate surface area is 223 Å². The second-order valence-electron chi connectivity index (χ2n) is 10.7. The highest BCUT2D eigenvalue weighted by Gasteiger charge is 2.44. The van der Waals surface area contributed by atoms with Gasteiger partial charge in [0.05, 0.1) is 29.4 Å². The molecule has 12 heteroatoms. The van der Waals surface area contributed by atoms with E-state index in [-0.39, 0.29) is 30.8 Å². The fourth-order valence-corrected chi connectivity index (χ4v) is 4.52. The third-order valence-electron chi connectivity index (χ3n) is 6.56. The average molecular weight is 562 g/mol. The number of hydrogen-bond donors (Lipinski definition) is 2. The third-order valence-corrected chi connectivity index (χ3v) is 6.56. The van der Waals surface area contributed by atoms with Gasteiger partial charge in [-0.25, -0.2) is 9.80 Å². The van der Waals surface area contributed by atoms with Gasteiger partial charge >= 0.3 is 18.4 Å². The van der Waals surface area contributed by atoms with E-state index in [4.69, 9.17) is 15.3 Å². The summed E-state index contributed by atoms with van der Waals surface area (Å²) in [5.41, 5.74) is -3.95. The first-order valence-corrected chi connectivity index (χ1v) is 12.4. The molecule has 1 saturated heterocycles. The Morgan fingerprint density at radius 3 is 2.10 bits per heavy atom. The van der Waals surface area contributed by atoms with Crippen LogP contribution in [0.1, 0.15) is 68.9 Å². The molecular formula is C27H33F6N3O3. The lowest BCUT2D eigenvalue weighted by Crippen LogP contribution is -2.62. The Morgan fingerprint density at radius 2 is 1.62 bits per heavy atom. The number of hydrazine groups is 1. The topological polar surface area (TPSA) is 76.8 Å². The molecule has 1 heterocycles. The standard InChI is InChI=1S/C27H33F6N3O3/c1-17(18-12-20(26(28,29)30)14-21(13-18)27(31,32)33)38-16-25(19-8-6-5-7-9-19)11-10-22(15-36(25)34)35-23(37)39-24(2,3)4/h5-9,12-14,17,22H,10-11,15-16,34H2,1-4H3,(H,35,37)/t17-,22-,25-/m1/s1. The predicted octanol–water partition coefficient (Wildman–Crippen LogP) is 6.56. The van der Waals surface area contributed by atoms with E-state index in [0.717, 1.165) is 5.56 Å². The maximum Gasteiger partial charge on any atom is 0.416 e. The Morgan fingerprint density at radius 1 is 1.05 bits per heavy atom. The minimum atomic E-state index is -4.96. The van der Waals surface area contributed by atoms with Gasteiger partial charge < -0.3 is 14.8 Å². The zero-order chi connectivity index (χ0) is 29.2. The molecule has 0 spiro atoms. The molecule has 39 heavy (non-hydrogen) atoms. The zero-order valence-electron chi connectivity index (χ0n) is 22.1. The van der Waals surface area contributed by atoms with Crippen molar-refractivity contribution in [2.45, 2.75) is 76.2 Å². The van der Waals surface area contributed by atoms with Gasteiger partial charge in [-0.15, -0.1) is 0 Å². The largest absolute Gasteiger partial charge is 0.444 e. The molecule has 0 aliphatic carbocycles. The molecule has 0 radical (unpaired) electrons. The minimum absolute atomic E-state index is 0.0856. The summed E-state index contributed by atoms with van der Waals surface area (Å²) in [5, 5.41) is 4.28. The van der Waals surface area contributed by atoms with Gasteiger partial charge in [0.25, 0.3) is 0 Å². The number of alkyl carbamates (subject to hydrolysis) is 1. The Hall–Kier alpha value is -2.83. The number of carbonyl (C=O) groups excluding carboxylic acids is 1. The van der Waals surface area contributed by atoms with Crippen LogP contribution in [-0.2, 0) is 27.4 Å². The van der Waals surface area contributed by atoms with Gasteiger partial charge in [-0.1, -0.05) is 30.3 Å². The van der Waals surface area contributed by atoms with Crippen LogP contribution in [-0.4, -0.2) is 35.9 Å². The van der Waals surface area contributed by atoms with Gasteiger partial charge in [0.2, 0.25) is 0 Å². The lowest BCUT2D eigenvalue weighted by atomic mass is 9.80. The zero-order valence-corrected chi connectivity index (χ0v) is 22.1. The maximum atomic E-state index is 13.4. The van der Waals surface area contributed by atoms with E-state index in [1.54, 1.807) is 39.0 Å². The molecule has 3 atom stereocenters. The van der Waals surface area contributed by atoms with E-state index in [9.17, 15) is 31.1 Å². The summed E-state index contributed by atoms with van der Waals surface area (Å²) in [6, 6.07) is 10.1. The first kappa shape index (κ1) is 30.7. The van der Waals surface area contributed by atoms with Crippen molar-refractivity contribution in [2.24, 2.45) is 5.84 Å². The van der Waals surface area contributed by atoms with Crippen molar-refractivity contribution in [3.8, 4) is 0 Å². The van der Waals surface area contributed by atoms with E-state index in [2.05, 4.69) is 5.32 Å². The number of nitrogens with zero attached hydrogens (tertiary/aromatic N) is 1. The van der Waals surface area contributed by atoms with Crippen LogP contribution in [0.25, 0.3) is 0 Å². The quantitative estimate of drug-likeness (QED) is 0.309. The molecule has 6 nitrogen and oxygen atoms in total. The number of alkyl halides is 6. The summed E-state index contributed by atoms with van der Waals surface area (Å²) in [6.07, 6.45) is -10.8. The second kappa shape index (κ2) is 11.3. The van der Waals surface area contributed by atoms with Gasteiger partial charge in [0.1, 0.15) is 5.60 Å². The van der Waals surface area contributed by atoms with Crippen LogP contribution in [0.5, 0.6) is 0 Å². The number of amides is 1. The highest BCUT2D eigenvalue weighted by atomic mass is 19.4. The summed E-state index contributed by atoms with van der Waals surface area (Å²) in [7, 11) is 0. The first-order chi connectivity index (χ1) is 17.9. The molecule has 0 unspecified atom stereocenters. The Balaban J connectivity index is 1.84. The van der Waals surface area contributed by atoms with Crippen LogP contribution in [0.15, 0.2) is 48.5 Å². The molecule has 3 N–H and O–H groups in total. The first-order valence-electron chi connectivity index (χ1n) is 12.4. The summed E-state index contributed by atoms with van der Waals surface area (Å²) in [5.74, 6) is 6.49. The molecule has 0 saturated carbocycles. The SMILES string of the molecule is C[C@@H](OC[C@@]1(c2ccccc2)CC[C@@H](NC(=O)OC(C)(C)C)CN1N)c1cc(C(F)(F)F)cc(C(F)(F)F)c1. The lowest BCUT2D eigenvalue weighted by molar-refractivity contribution is -0.143. The molecule has 1 aliphatic heterocycles. The minimum Gasteiger partial charge on any atom is -0.444 e. The molecule has 0 bridgehead atoms. The fourth-order valence-electron chi connectivity index (χ4n) is 4.52. The molecule has 2 aromatic carbocycles. The fraction of sp³-hybridized carbons (Fsp3) is 0.519. The monoisotopic (exact) mass is 561 g/mol. The van der Waals surface area contributed by atoms with Crippen molar-refractivity contribution in [1.29, 1.82) is 0 Å². The summed E-state index contributed by atoms with van der Waals surface area (Å²) in [6.45, 7) is 6.70. The number of halogens is 6. The number of nitrogens with one attached hydrogen (secondary N) is 1. The number of ether oxygens (including phenoxy) is 2. The number of piperidine rings is 1. The van der Waals surface area contributed by atoms with Crippen molar-refractivity contribution in [1.82, 2.24) is 10.3 Å². The average Bonchev–Trinajstić information content (AvgIpc) is 2.81. The van der Waals surface area contributed by atoms with Gasteiger partial charge in [-0.3, -0.25) is 5.84 Å². The van der Waals surface area contributed by atoms with Crippen molar-refractivity contribution in [3.05, 3.63) is 70.8 Å². The van der Waals surface area contributed by atoms with Gasteiger partial charge in [-0.2, -0.15) is 26.3 Å². The normalized spacial score (nSPS) is 21.9. The number of rotatable bonds is 6. The predicted molar refractivity (Wildman–Crippen MR) is 132 cm³/mol. The molecular weight excluding hydrogens is 528 g/mol. The summed E-state index contributed by atoms with van der Waals surface area (Å²) < 4.78 is 91.4. The van der Waals surface area contributed by atoms with Crippen LogP contribution in [0, 0.1) is 0 Å². The Bertz CT molecular complexity index is 1100. The van der Waals surface area contributed by atoms with E-state index in [0.29, 0.717) is 25.0 Å². The smallest absolute Gasteiger partial charge is 0.416 e. The highest BCUT2D eigenvalue weighted by Crippen LogP contribution is 2.40. The van der Waals surface area contributed by atoms with Crippen molar-refractivity contribution < 1.29 is 40.6 Å². The molecule has 0 aromatic heterocycles. The third kappa shape index (κ3) is 7.86. The van der Waals surface area contributed by atoms with Gasteiger partial charge in [-0.05, 0) is 69.9 Å². The molecule has 2 aromatic rings. The molecule has 1 aliphatic rings. The van der Waals surface area contributed by atoms with Crippen LogP contribution < -0.4 is 11.2 Å². The van der Waals surface area contributed by atoms with Gasteiger partial charge in [0, 0.05) is 12.6 Å². The number of nitrogens with two attached hydrogens (primary N) is 1. The van der Waals surface area contributed by atoms with E-state index in [1.165, 1.54) is 11.9 Å².